The van der Waals surface area contributed by atoms with E-state index < -0.39 is 0 Å². The second-order valence-corrected chi connectivity index (χ2v) is 6.93. The van der Waals surface area contributed by atoms with Crippen molar-refractivity contribution in [1.82, 2.24) is 10.3 Å². The van der Waals surface area contributed by atoms with Crippen molar-refractivity contribution in [2.24, 2.45) is 17.8 Å². The Balaban J connectivity index is 2.43. The minimum Gasteiger partial charge on any atom is -0.316 e. The first kappa shape index (κ1) is 14.7. The zero-order valence-corrected chi connectivity index (χ0v) is 12.6. The average molecular weight is 254 g/mol. The van der Waals surface area contributed by atoms with Gasteiger partial charge in [0.05, 0.1) is 5.01 Å². The molecule has 1 aromatic heterocycles. The van der Waals surface area contributed by atoms with E-state index in [-0.39, 0.29) is 0 Å². The number of nitrogens with one attached hydrogen (secondary N) is 1. The Morgan fingerprint density at radius 2 is 1.94 bits per heavy atom. The number of hydrogen-bond acceptors (Lipinski definition) is 3. The Morgan fingerprint density at radius 3 is 2.41 bits per heavy atom. The van der Waals surface area contributed by atoms with Gasteiger partial charge in [-0.25, -0.2) is 4.98 Å². The van der Waals surface area contributed by atoms with Crippen molar-refractivity contribution in [1.29, 1.82) is 0 Å². The van der Waals surface area contributed by atoms with Gasteiger partial charge in [0, 0.05) is 11.1 Å². The monoisotopic (exact) mass is 254 g/mol. The van der Waals surface area contributed by atoms with Crippen molar-refractivity contribution in [3.8, 4) is 0 Å². The van der Waals surface area contributed by atoms with Gasteiger partial charge in [-0.15, -0.1) is 11.3 Å². The van der Waals surface area contributed by atoms with Crippen LogP contribution in [0.15, 0.2) is 6.20 Å². The van der Waals surface area contributed by atoms with Crippen LogP contribution in [0.1, 0.15) is 37.6 Å². The van der Waals surface area contributed by atoms with Gasteiger partial charge in [-0.3, -0.25) is 0 Å². The van der Waals surface area contributed by atoms with Crippen LogP contribution in [0.4, 0.5) is 0 Å². The average Bonchev–Trinajstić information content (AvgIpc) is 2.62. The van der Waals surface area contributed by atoms with Crippen molar-refractivity contribution in [3.63, 3.8) is 0 Å². The third-order valence-electron chi connectivity index (χ3n) is 3.03. The number of thiazole rings is 1. The molecule has 0 saturated carbocycles. The zero-order chi connectivity index (χ0) is 12.8. The minimum atomic E-state index is 0.716. The van der Waals surface area contributed by atoms with Crippen LogP contribution in [0.2, 0.25) is 0 Å². The molecular weight excluding hydrogens is 228 g/mol. The molecule has 3 heteroatoms. The van der Waals surface area contributed by atoms with E-state index in [2.05, 4.69) is 44.9 Å². The van der Waals surface area contributed by atoms with Crippen LogP contribution < -0.4 is 5.32 Å². The Morgan fingerprint density at radius 1 is 1.24 bits per heavy atom. The maximum absolute atomic E-state index is 4.34. The quantitative estimate of drug-likeness (QED) is 0.805. The molecule has 1 atom stereocenters. The van der Waals surface area contributed by atoms with Gasteiger partial charge in [0.1, 0.15) is 0 Å². The summed E-state index contributed by atoms with van der Waals surface area (Å²) in [6, 6.07) is 0. The summed E-state index contributed by atoms with van der Waals surface area (Å²) < 4.78 is 0. The predicted octanol–water partition coefficient (Wildman–Crippen LogP) is 3.51. The fourth-order valence-corrected chi connectivity index (χ4v) is 2.75. The van der Waals surface area contributed by atoms with Gasteiger partial charge in [-0.2, -0.15) is 0 Å². The summed E-state index contributed by atoms with van der Waals surface area (Å²) in [6.45, 7) is 13.5. The van der Waals surface area contributed by atoms with Crippen molar-refractivity contribution in [2.45, 2.75) is 41.0 Å². The van der Waals surface area contributed by atoms with Gasteiger partial charge in [-0.05, 0) is 44.2 Å². The third-order valence-corrected chi connectivity index (χ3v) is 3.97. The van der Waals surface area contributed by atoms with E-state index in [1.807, 2.05) is 17.5 Å². The molecule has 0 aliphatic rings. The topological polar surface area (TPSA) is 24.9 Å². The molecule has 1 heterocycles. The van der Waals surface area contributed by atoms with Crippen molar-refractivity contribution in [2.75, 3.05) is 13.1 Å². The van der Waals surface area contributed by atoms with Crippen molar-refractivity contribution in [3.05, 3.63) is 16.1 Å². The fourth-order valence-electron chi connectivity index (χ4n) is 1.86. The van der Waals surface area contributed by atoms with Gasteiger partial charge in [-0.1, -0.05) is 27.7 Å². The highest BCUT2D eigenvalue weighted by Crippen LogP contribution is 2.21. The van der Waals surface area contributed by atoms with Crippen LogP contribution in [0.3, 0.4) is 0 Å². The van der Waals surface area contributed by atoms with Gasteiger partial charge >= 0.3 is 0 Å². The second-order valence-electron chi connectivity index (χ2n) is 5.61. The first-order chi connectivity index (χ1) is 7.99. The van der Waals surface area contributed by atoms with E-state index in [4.69, 9.17) is 0 Å². The summed E-state index contributed by atoms with van der Waals surface area (Å²) >= 11 is 1.83. The Labute approximate surface area is 110 Å². The molecule has 1 N–H and O–H groups in total. The van der Waals surface area contributed by atoms with Crippen LogP contribution in [-0.2, 0) is 6.42 Å². The predicted molar refractivity (Wildman–Crippen MR) is 76.6 cm³/mol. The first-order valence-electron chi connectivity index (χ1n) is 6.61. The third kappa shape index (κ3) is 5.64. The summed E-state index contributed by atoms with van der Waals surface area (Å²) in [7, 11) is 0. The Kier molecular flexibility index (Phi) is 6.14. The number of rotatable bonds is 7. The lowest BCUT2D eigenvalue weighted by molar-refractivity contribution is 0.354. The van der Waals surface area contributed by atoms with Crippen LogP contribution in [-0.4, -0.2) is 18.1 Å². The molecule has 0 amide bonds. The van der Waals surface area contributed by atoms with E-state index in [1.165, 1.54) is 9.88 Å². The molecular formula is C14H26N2S. The summed E-state index contributed by atoms with van der Waals surface area (Å²) in [6.07, 6.45) is 3.20. The molecule has 1 rings (SSSR count). The molecule has 98 valence electrons. The standard InChI is InChI=1S/C14H26N2S/c1-10(2)7-15-8-13(11(3)4)6-14-9-16-12(5)17-14/h9-11,13,15H,6-8H2,1-5H3. The summed E-state index contributed by atoms with van der Waals surface area (Å²) in [5.41, 5.74) is 0. The smallest absolute Gasteiger partial charge is 0.0896 e. The molecule has 0 bridgehead atoms. The Bertz CT molecular complexity index is 318. The molecule has 0 aliphatic heterocycles. The summed E-state index contributed by atoms with van der Waals surface area (Å²) in [4.78, 5) is 5.76. The molecule has 0 saturated heterocycles. The first-order valence-corrected chi connectivity index (χ1v) is 7.42. The Hall–Kier alpha value is -0.410. The van der Waals surface area contributed by atoms with E-state index in [0.29, 0.717) is 5.92 Å². The largest absolute Gasteiger partial charge is 0.316 e. The number of nitrogens with zero attached hydrogens (tertiary/aromatic N) is 1. The minimum absolute atomic E-state index is 0.716. The normalized spacial score (nSPS) is 13.6. The molecule has 1 aromatic rings. The summed E-state index contributed by atoms with van der Waals surface area (Å²) in [5.74, 6) is 2.17. The lowest BCUT2D eigenvalue weighted by atomic mass is 9.92. The molecule has 0 aliphatic carbocycles. The molecule has 17 heavy (non-hydrogen) atoms. The van der Waals surface area contributed by atoms with E-state index in [0.717, 1.165) is 31.3 Å². The van der Waals surface area contributed by atoms with Crippen LogP contribution in [0, 0.1) is 24.7 Å². The summed E-state index contributed by atoms with van der Waals surface area (Å²) in [5, 5.41) is 4.76. The number of hydrogen-bond donors (Lipinski definition) is 1. The highest BCUT2D eigenvalue weighted by molar-refractivity contribution is 7.11. The molecule has 0 fully saturated rings. The SMILES string of the molecule is Cc1ncc(CC(CNCC(C)C)C(C)C)s1. The molecule has 0 spiro atoms. The van der Waals surface area contributed by atoms with Gasteiger partial charge in [0.15, 0.2) is 0 Å². The molecule has 0 radical (unpaired) electrons. The maximum Gasteiger partial charge on any atom is 0.0896 e. The fraction of sp³-hybridized carbons (Fsp3) is 0.786. The maximum atomic E-state index is 4.34. The van der Waals surface area contributed by atoms with E-state index >= 15 is 0 Å². The molecule has 2 nitrogen and oxygen atoms in total. The van der Waals surface area contributed by atoms with Crippen LogP contribution in [0.25, 0.3) is 0 Å². The van der Waals surface area contributed by atoms with Crippen molar-refractivity contribution < 1.29 is 0 Å². The van der Waals surface area contributed by atoms with Gasteiger partial charge in [0.2, 0.25) is 0 Å². The van der Waals surface area contributed by atoms with Crippen LogP contribution >= 0.6 is 11.3 Å². The lowest BCUT2D eigenvalue weighted by Crippen LogP contribution is -2.30. The second kappa shape index (κ2) is 7.12. The number of aromatic nitrogens is 1. The highest BCUT2D eigenvalue weighted by atomic mass is 32.1. The van der Waals surface area contributed by atoms with Gasteiger partial charge in [0.25, 0.3) is 0 Å². The zero-order valence-electron chi connectivity index (χ0n) is 11.8. The van der Waals surface area contributed by atoms with Crippen LogP contribution in [0.5, 0.6) is 0 Å². The van der Waals surface area contributed by atoms with E-state index in [9.17, 15) is 0 Å². The van der Waals surface area contributed by atoms with E-state index in [1.54, 1.807) is 0 Å². The molecule has 0 aromatic carbocycles. The molecule has 1 unspecified atom stereocenters. The van der Waals surface area contributed by atoms with Gasteiger partial charge < -0.3 is 5.32 Å². The highest BCUT2D eigenvalue weighted by Gasteiger charge is 2.15. The number of aryl methyl sites for hydroxylation is 1. The van der Waals surface area contributed by atoms with Crippen molar-refractivity contribution >= 4 is 11.3 Å². The lowest BCUT2D eigenvalue weighted by Gasteiger charge is -2.21.